The van der Waals surface area contributed by atoms with Crippen LogP contribution in [0.25, 0.3) is 0 Å². The van der Waals surface area contributed by atoms with Crippen LogP contribution in [0.4, 0.5) is 10.7 Å². The van der Waals surface area contributed by atoms with Crippen molar-refractivity contribution < 1.29 is 0 Å². The maximum Gasteiger partial charge on any atom is 0.131 e. The summed E-state index contributed by atoms with van der Waals surface area (Å²) in [4.78, 5) is 4.88. The molecular formula is C12H15N5S. The first-order chi connectivity index (χ1) is 8.58. The van der Waals surface area contributed by atoms with E-state index in [-0.39, 0.29) is 0 Å². The Balaban J connectivity index is 2.40. The van der Waals surface area contributed by atoms with Crippen LogP contribution < -0.4 is 10.6 Å². The van der Waals surface area contributed by atoms with Crippen molar-refractivity contribution in [2.45, 2.75) is 13.0 Å². The number of thiophene rings is 1. The Hall–Kier alpha value is -1.76. The number of nitrogens with two attached hydrogens (primary N) is 1. The minimum atomic E-state index is 0.320. The molecule has 0 bridgehead atoms. The summed E-state index contributed by atoms with van der Waals surface area (Å²) in [6, 6.07) is 4.50. The summed E-state index contributed by atoms with van der Waals surface area (Å²) in [6.45, 7) is 4.88. The molecule has 1 aromatic heterocycles. The molecule has 94 valence electrons. The molecule has 0 aliphatic carbocycles. The van der Waals surface area contributed by atoms with Crippen LogP contribution in [-0.4, -0.2) is 37.6 Å². The van der Waals surface area contributed by atoms with E-state index in [9.17, 15) is 5.26 Å². The molecule has 1 aliphatic heterocycles. The topological polar surface area (TPSA) is 80.1 Å². The third-order valence-electron chi connectivity index (χ3n) is 3.23. The maximum absolute atomic E-state index is 9.21. The first-order valence-corrected chi connectivity index (χ1v) is 6.57. The van der Waals surface area contributed by atoms with Gasteiger partial charge in [-0.3, -0.25) is 0 Å². The number of likely N-dealkylation sites (N-methyl/N-ethyl adjacent to an activating group) is 1. The van der Waals surface area contributed by atoms with E-state index in [1.54, 1.807) is 0 Å². The summed E-state index contributed by atoms with van der Waals surface area (Å²) in [6.07, 6.45) is 0. The highest BCUT2D eigenvalue weighted by molar-refractivity contribution is 7.17. The van der Waals surface area contributed by atoms with Crippen molar-refractivity contribution in [3.8, 4) is 12.1 Å². The van der Waals surface area contributed by atoms with E-state index in [0.29, 0.717) is 22.2 Å². The first kappa shape index (κ1) is 12.7. The van der Waals surface area contributed by atoms with Crippen molar-refractivity contribution in [2.24, 2.45) is 0 Å². The van der Waals surface area contributed by atoms with Crippen LogP contribution in [0.2, 0.25) is 0 Å². The highest BCUT2D eigenvalue weighted by atomic mass is 32.1. The second-order valence-electron chi connectivity index (χ2n) is 4.55. The van der Waals surface area contributed by atoms with Crippen LogP contribution in [-0.2, 0) is 0 Å². The van der Waals surface area contributed by atoms with Crippen molar-refractivity contribution in [1.29, 1.82) is 10.5 Å². The monoisotopic (exact) mass is 261 g/mol. The summed E-state index contributed by atoms with van der Waals surface area (Å²) in [5.41, 5.74) is 6.61. The molecular weight excluding hydrogens is 246 g/mol. The number of piperazine rings is 1. The lowest BCUT2D eigenvalue weighted by Crippen LogP contribution is -2.50. The van der Waals surface area contributed by atoms with Gasteiger partial charge in [-0.25, -0.2) is 0 Å². The molecule has 0 aromatic carbocycles. The standard InChI is InChI=1S/C12H15N5S/c1-8-7-16(2)3-4-17(8)12-9(5-13)11(15)10(6-14)18-12/h8H,3-4,7,15H2,1-2H3. The average molecular weight is 261 g/mol. The van der Waals surface area contributed by atoms with Crippen molar-refractivity contribution in [3.05, 3.63) is 10.4 Å². The van der Waals surface area contributed by atoms with Crippen LogP contribution in [0.15, 0.2) is 0 Å². The van der Waals surface area contributed by atoms with Crippen LogP contribution in [0.3, 0.4) is 0 Å². The van der Waals surface area contributed by atoms with E-state index in [1.807, 2.05) is 0 Å². The summed E-state index contributed by atoms with van der Waals surface area (Å²) >= 11 is 1.32. The Kier molecular flexibility index (Phi) is 3.42. The average Bonchev–Trinajstić information content (AvgIpc) is 2.65. The third-order valence-corrected chi connectivity index (χ3v) is 4.38. The molecule has 0 saturated carbocycles. The van der Waals surface area contributed by atoms with Gasteiger partial charge in [-0.1, -0.05) is 0 Å². The number of anilines is 2. The van der Waals surface area contributed by atoms with E-state index in [4.69, 9.17) is 11.0 Å². The zero-order valence-corrected chi connectivity index (χ0v) is 11.3. The SMILES string of the molecule is CC1CN(C)CCN1c1sc(C#N)c(N)c1C#N. The predicted molar refractivity (Wildman–Crippen MR) is 72.5 cm³/mol. The van der Waals surface area contributed by atoms with Gasteiger partial charge < -0.3 is 15.5 Å². The molecule has 1 fully saturated rings. The van der Waals surface area contributed by atoms with Crippen molar-refractivity contribution >= 4 is 22.0 Å². The minimum absolute atomic E-state index is 0.320. The van der Waals surface area contributed by atoms with Gasteiger partial charge in [0.1, 0.15) is 27.6 Å². The summed E-state index contributed by atoms with van der Waals surface area (Å²) in [5, 5.41) is 19.0. The van der Waals surface area contributed by atoms with Crippen molar-refractivity contribution in [2.75, 3.05) is 37.3 Å². The molecule has 2 N–H and O–H groups in total. The molecule has 2 rings (SSSR count). The summed E-state index contributed by atoms with van der Waals surface area (Å²) < 4.78 is 0. The second kappa shape index (κ2) is 4.85. The lowest BCUT2D eigenvalue weighted by molar-refractivity contribution is 0.276. The van der Waals surface area contributed by atoms with Gasteiger partial charge >= 0.3 is 0 Å². The number of rotatable bonds is 1. The largest absolute Gasteiger partial charge is 0.396 e. The zero-order chi connectivity index (χ0) is 13.3. The number of hydrogen-bond donors (Lipinski definition) is 1. The van der Waals surface area contributed by atoms with E-state index in [0.717, 1.165) is 24.6 Å². The Labute approximate surface area is 111 Å². The number of nitrogen functional groups attached to an aromatic ring is 1. The van der Waals surface area contributed by atoms with Crippen LogP contribution in [0.1, 0.15) is 17.4 Å². The molecule has 0 spiro atoms. The molecule has 6 heteroatoms. The smallest absolute Gasteiger partial charge is 0.131 e. The van der Waals surface area contributed by atoms with Crippen molar-refractivity contribution in [1.82, 2.24) is 4.90 Å². The van der Waals surface area contributed by atoms with Gasteiger partial charge in [0.2, 0.25) is 0 Å². The fraction of sp³-hybridized carbons (Fsp3) is 0.500. The van der Waals surface area contributed by atoms with E-state index >= 15 is 0 Å². The molecule has 0 radical (unpaired) electrons. The summed E-state index contributed by atoms with van der Waals surface area (Å²) in [7, 11) is 2.09. The van der Waals surface area contributed by atoms with Crippen LogP contribution >= 0.6 is 11.3 Å². The lowest BCUT2D eigenvalue weighted by Gasteiger charge is -2.39. The van der Waals surface area contributed by atoms with Gasteiger partial charge in [0, 0.05) is 25.7 Å². The Morgan fingerprint density at radius 2 is 2.06 bits per heavy atom. The molecule has 1 aromatic rings. The van der Waals surface area contributed by atoms with Crippen LogP contribution in [0, 0.1) is 22.7 Å². The fourth-order valence-corrected chi connectivity index (χ4v) is 3.36. The highest BCUT2D eigenvalue weighted by Gasteiger charge is 2.27. The number of nitrogens with zero attached hydrogens (tertiary/aromatic N) is 4. The Morgan fingerprint density at radius 1 is 1.33 bits per heavy atom. The first-order valence-electron chi connectivity index (χ1n) is 5.76. The Bertz CT molecular complexity index is 536. The van der Waals surface area contributed by atoms with Gasteiger partial charge in [-0.05, 0) is 14.0 Å². The zero-order valence-electron chi connectivity index (χ0n) is 10.5. The van der Waals surface area contributed by atoms with Gasteiger partial charge in [-0.15, -0.1) is 11.3 Å². The second-order valence-corrected chi connectivity index (χ2v) is 5.55. The molecule has 0 amide bonds. The van der Waals surface area contributed by atoms with Gasteiger partial charge in [0.15, 0.2) is 0 Å². The quantitative estimate of drug-likeness (QED) is 0.822. The van der Waals surface area contributed by atoms with E-state index in [1.165, 1.54) is 11.3 Å². The summed E-state index contributed by atoms with van der Waals surface area (Å²) in [5.74, 6) is 0. The third kappa shape index (κ3) is 2.01. The lowest BCUT2D eigenvalue weighted by atomic mass is 10.1. The number of hydrogen-bond acceptors (Lipinski definition) is 6. The maximum atomic E-state index is 9.21. The molecule has 1 atom stereocenters. The predicted octanol–water partition coefficient (Wildman–Crippen LogP) is 1.21. The van der Waals surface area contributed by atoms with Crippen molar-refractivity contribution in [3.63, 3.8) is 0 Å². The molecule has 18 heavy (non-hydrogen) atoms. The molecule has 1 saturated heterocycles. The number of nitriles is 2. The van der Waals surface area contributed by atoms with Gasteiger partial charge in [0.25, 0.3) is 0 Å². The van der Waals surface area contributed by atoms with Gasteiger partial charge in [-0.2, -0.15) is 10.5 Å². The normalized spacial score (nSPS) is 20.4. The van der Waals surface area contributed by atoms with E-state index in [2.05, 4.69) is 35.9 Å². The van der Waals surface area contributed by atoms with E-state index < -0.39 is 0 Å². The Morgan fingerprint density at radius 3 is 2.61 bits per heavy atom. The van der Waals surface area contributed by atoms with Crippen LogP contribution in [0.5, 0.6) is 0 Å². The molecule has 5 nitrogen and oxygen atoms in total. The fourth-order valence-electron chi connectivity index (χ4n) is 2.27. The highest BCUT2D eigenvalue weighted by Crippen LogP contribution is 2.38. The minimum Gasteiger partial charge on any atom is -0.396 e. The molecule has 1 unspecified atom stereocenters. The van der Waals surface area contributed by atoms with Gasteiger partial charge in [0.05, 0.1) is 5.69 Å². The molecule has 1 aliphatic rings. The molecule has 2 heterocycles.